The summed E-state index contributed by atoms with van der Waals surface area (Å²) in [6.07, 6.45) is -4.39. The summed E-state index contributed by atoms with van der Waals surface area (Å²) in [7, 11) is 0. The van der Waals surface area contributed by atoms with Gasteiger partial charge in [0.15, 0.2) is 10.6 Å². The number of halogens is 4. The van der Waals surface area contributed by atoms with Crippen LogP contribution in [0.15, 0.2) is 48.5 Å². The second kappa shape index (κ2) is 8.15. The lowest BCUT2D eigenvalue weighted by atomic mass is 10.1. The first-order valence-electron chi connectivity index (χ1n) is 8.08. The highest BCUT2D eigenvalue weighted by molar-refractivity contribution is 7.71. The van der Waals surface area contributed by atoms with Crippen LogP contribution in [0.1, 0.15) is 11.1 Å². The number of aromatic amines is 1. The maximum atomic E-state index is 12.6. The molecule has 28 heavy (non-hydrogen) atoms. The lowest BCUT2D eigenvalue weighted by Gasteiger charge is -2.10. The highest BCUT2D eigenvalue weighted by Gasteiger charge is 2.29. The molecule has 0 aliphatic rings. The number of carbonyl (C=O) groups is 1. The number of alkyl halides is 3. The average Bonchev–Trinajstić information content (AvgIpc) is 3.01. The second-order valence-electron chi connectivity index (χ2n) is 5.92. The Bertz CT molecular complexity index is 1030. The van der Waals surface area contributed by atoms with Crippen molar-refractivity contribution in [1.82, 2.24) is 20.1 Å². The molecule has 0 fully saturated rings. The smallest absolute Gasteiger partial charge is 0.350 e. The van der Waals surface area contributed by atoms with E-state index in [9.17, 15) is 18.0 Å². The van der Waals surface area contributed by atoms with Crippen molar-refractivity contribution in [2.45, 2.75) is 19.3 Å². The molecule has 5 nitrogen and oxygen atoms in total. The van der Waals surface area contributed by atoms with E-state index in [1.807, 2.05) is 0 Å². The van der Waals surface area contributed by atoms with Crippen LogP contribution in [0.4, 0.5) is 13.2 Å². The molecule has 1 aromatic heterocycles. The van der Waals surface area contributed by atoms with E-state index in [2.05, 4.69) is 15.5 Å². The van der Waals surface area contributed by atoms with Crippen molar-refractivity contribution in [1.29, 1.82) is 0 Å². The normalized spacial score (nSPS) is 11.4. The molecule has 0 spiro atoms. The number of hydrogen-bond acceptors (Lipinski definition) is 3. The number of hydrogen-bond donors (Lipinski definition) is 2. The van der Waals surface area contributed by atoms with Crippen molar-refractivity contribution in [2.24, 2.45) is 0 Å². The van der Waals surface area contributed by atoms with Crippen molar-refractivity contribution in [2.75, 3.05) is 0 Å². The maximum absolute atomic E-state index is 12.6. The van der Waals surface area contributed by atoms with Gasteiger partial charge in [0.1, 0.15) is 6.54 Å². The average molecular weight is 427 g/mol. The maximum Gasteiger partial charge on any atom is 0.416 e. The molecule has 0 saturated carbocycles. The summed E-state index contributed by atoms with van der Waals surface area (Å²) >= 11 is 11.1. The van der Waals surface area contributed by atoms with Crippen molar-refractivity contribution >= 4 is 29.7 Å². The highest BCUT2D eigenvalue weighted by atomic mass is 35.5. The first-order chi connectivity index (χ1) is 13.2. The number of nitrogens with one attached hydrogen (secondary N) is 2. The molecule has 0 atom stereocenters. The topological polar surface area (TPSA) is 62.7 Å². The van der Waals surface area contributed by atoms with Crippen LogP contribution in [-0.2, 0) is 24.1 Å². The lowest BCUT2D eigenvalue weighted by molar-refractivity contribution is -0.137. The standard InChI is InChI=1S/C18H14ClF3N4OS/c19-14-7-3-12(4-8-14)16-24-25-17(28)26(16)10-15(27)23-9-11-1-5-13(6-2-11)18(20,21)22/h1-8H,9-10H2,(H,23,27)(H,25,28). The minimum Gasteiger partial charge on any atom is -0.350 e. The molecule has 146 valence electrons. The molecular weight excluding hydrogens is 413 g/mol. The van der Waals surface area contributed by atoms with E-state index in [0.29, 0.717) is 16.4 Å². The van der Waals surface area contributed by atoms with Crippen molar-refractivity contribution < 1.29 is 18.0 Å². The zero-order valence-corrected chi connectivity index (χ0v) is 15.8. The Morgan fingerprint density at radius 3 is 2.39 bits per heavy atom. The fourth-order valence-corrected chi connectivity index (χ4v) is 2.82. The van der Waals surface area contributed by atoms with Crippen LogP contribution in [0.25, 0.3) is 11.4 Å². The van der Waals surface area contributed by atoms with E-state index in [0.717, 1.165) is 17.7 Å². The largest absolute Gasteiger partial charge is 0.416 e. The molecule has 3 rings (SSSR count). The molecule has 1 amide bonds. The van der Waals surface area contributed by atoms with Crippen LogP contribution in [0.3, 0.4) is 0 Å². The van der Waals surface area contributed by atoms with E-state index in [4.69, 9.17) is 23.8 Å². The molecule has 2 aromatic carbocycles. The van der Waals surface area contributed by atoms with Gasteiger partial charge < -0.3 is 5.32 Å². The van der Waals surface area contributed by atoms with E-state index >= 15 is 0 Å². The molecule has 0 bridgehead atoms. The Balaban J connectivity index is 1.66. The van der Waals surface area contributed by atoms with Crippen LogP contribution >= 0.6 is 23.8 Å². The minimum atomic E-state index is -4.39. The zero-order valence-electron chi connectivity index (χ0n) is 14.3. The SMILES string of the molecule is O=C(Cn1c(-c2ccc(Cl)cc2)n[nH]c1=S)NCc1ccc(C(F)(F)F)cc1. The van der Waals surface area contributed by atoms with E-state index in [1.54, 1.807) is 24.3 Å². The van der Waals surface area contributed by atoms with Gasteiger partial charge in [-0.1, -0.05) is 23.7 Å². The Labute approximate surface area is 168 Å². The van der Waals surface area contributed by atoms with Crippen LogP contribution in [0.5, 0.6) is 0 Å². The number of rotatable bonds is 5. The van der Waals surface area contributed by atoms with Gasteiger partial charge in [-0.2, -0.15) is 18.3 Å². The summed E-state index contributed by atoms with van der Waals surface area (Å²) in [6, 6.07) is 11.5. The zero-order chi connectivity index (χ0) is 20.3. The van der Waals surface area contributed by atoms with Gasteiger partial charge >= 0.3 is 6.18 Å². The number of nitrogens with zero attached hydrogens (tertiary/aromatic N) is 2. The van der Waals surface area contributed by atoms with E-state index in [-0.39, 0.29) is 23.8 Å². The summed E-state index contributed by atoms with van der Waals surface area (Å²) in [4.78, 5) is 12.3. The predicted octanol–water partition coefficient (Wildman–Crippen LogP) is 4.60. The molecular formula is C18H14ClF3N4OS. The van der Waals surface area contributed by atoms with Gasteiger partial charge in [0, 0.05) is 17.1 Å². The van der Waals surface area contributed by atoms with Crippen molar-refractivity contribution in [3.05, 3.63) is 69.5 Å². The molecule has 0 saturated heterocycles. The van der Waals surface area contributed by atoms with Crippen molar-refractivity contribution in [3.63, 3.8) is 0 Å². The molecule has 0 radical (unpaired) electrons. The Kier molecular flexibility index (Phi) is 5.85. The number of H-pyrrole nitrogens is 1. The van der Waals surface area contributed by atoms with E-state index < -0.39 is 11.7 Å². The summed E-state index contributed by atoms with van der Waals surface area (Å²) in [5, 5.41) is 10.0. The van der Waals surface area contributed by atoms with Gasteiger partial charge in [0.25, 0.3) is 0 Å². The molecule has 3 aromatic rings. The first-order valence-corrected chi connectivity index (χ1v) is 8.86. The second-order valence-corrected chi connectivity index (χ2v) is 6.74. The number of aromatic nitrogens is 3. The van der Waals surface area contributed by atoms with E-state index in [1.165, 1.54) is 16.7 Å². The van der Waals surface area contributed by atoms with Crippen LogP contribution in [0, 0.1) is 4.77 Å². The summed E-state index contributed by atoms with van der Waals surface area (Å²) in [6.45, 7) is 0.00630. The Hall–Kier alpha value is -2.65. The third kappa shape index (κ3) is 4.79. The summed E-state index contributed by atoms with van der Waals surface area (Å²) in [5.74, 6) is 0.124. The molecule has 0 aliphatic heterocycles. The first kappa shape index (κ1) is 20.1. The highest BCUT2D eigenvalue weighted by Crippen LogP contribution is 2.29. The van der Waals surface area contributed by atoms with Crippen LogP contribution < -0.4 is 5.32 Å². The van der Waals surface area contributed by atoms with Crippen LogP contribution in [0.2, 0.25) is 5.02 Å². The van der Waals surface area contributed by atoms with Crippen LogP contribution in [-0.4, -0.2) is 20.7 Å². The van der Waals surface area contributed by atoms with Gasteiger partial charge in [-0.25, -0.2) is 0 Å². The van der Waals surface area contributed by atoms with Gasteiger partial charge in [-0.15, -0.1) is 0 Å². The molecule has 2 N–H and O–H groups in total. The van der Waals surface area contributed by atoms with Gasteiger partial charge in [0.2, 0.25) is 5.91 Å². The monoisotopic (exact) mass is 426 g/mol. The number of benzene rings is 2. The predicted molar refractivity (Wildman–Crippen MR) is 101 cm³/mol. The fourth-order valence-electron chi connectivity index (χ4n) is 2.50. The summed E-state index contributed by atoms with van der Waals surface area (Å²) in [5.41, 5.74) is 0.544. The van der Waals surface area contributed by atoms with Gasteiger partial charge in [0.05, 0.1) is 5.56 Å². The number of amides is 1. The summed E-state index contributed by atoms with van der Waals surface area (Å²) < 4.78 is 39.6. The third-order valence-corrected chi connectivity index (χ3v) is 4.50. The molecule has 0 unspecified atom stereocenters. The minimum absolute atomic E-state index is 0.0894. The quantitative estimate of drug-likeness (QED) is 0.586. The van der Waals surface area contributed by atoms with Crippen molar-refractivity contribution in [3.8, 4) is 11.4 Å². The molecule has 0 aliphatic carbocycles. The number of carbonyl (C=O) groups excluding carboxylic acids is 1. The third-order valence-electron chi connectivity index (χ3n) is 3.93. The molecule has 10 heteroatoms. The lowest BCUT2D eigenvalue weighted by Crippen LogP contribution is -2.27. The molecule has 1 heterocycles. The fraction of sp³-hybridized carbons (Fsp3) is 0.167. The Morgan fingerprint density at radius 1 is 1.14 bits per heavy atom. The Morgan fingerprint density at radius 2 is 1.79 bits per heavy atom. The van der Waals surface area contributed by atoms with Gasteiger partial charge in [-0.3, -0.25) is 14.5 Å². The van der Waals surface area contributed by atoms with Gasteiger partial charge in [-0.05, 0) is 54.2 Å².